The van der Waals surface area contributed by atoms with Gasteiger partial charge in [-0.15, -0.1) is 0 Å². The maximum atomic E-state index is 13.3. The first-order valence-electron chi connectivity index (χ1n) is 8.99. The minimum absolute atomic E-state index is 0.0566. The van der Waals surface area contributed by atoms with Crippen molar-refractivity contribution >= 4 is 17.3 Å². The average molecular weight is 358 g/mol. The number of carbonyl (C=O) groups excluding carboxylic acids is 1. The molecule has 4 heteroatoms. The molecule has 1 aliphatic heterocycles. The zero-order valence-electron chi connectivity index (χ0n) is 15.7. The first-order valence-corrected chi connectivity index (χ1v) is 8.99. The summed E-state index contributed by atoms with van der Waals surface area (Å²) in [4.78, 5) is 15.3. The summed E-state index contributed by atoms with van der Waals surface area (Å²) in [6.45, 7) is 2.01. The fourth-order valence-corrected chi connectivity index (χ4v) is 3.46. The number of nitrogens with one attached hydrogen (secondary N) is 1. The normalized spacial score (nSPS) is 12.6. The number of carbonyl (C=O) groups is 1. The van der Waals surface area contributed by atoms with Crippen LogP contribution in [-0.2, 0) is 4.79 Å². The monoisotopic (exact) mass is 358 g/mol. The Morgan fingerprint density at radius 3 is 2.07 bits per heavy atom. The molecule has 0 aliphatic carbocycles. The number of para-hydroxylation sites is 2. The number of fused-ring (bicyclic) bond motifs is 2. The molecular formula is C23H22N2O2. The fraction of sp³-hybridized carbons (Fsp3) is 0.174. The fourth-order valence-electron chi connectivity index (χ4n) is 3.46. The van der Waals surface area contributed by atoms with E-state index in [9.17, 15) is 4.79 Å². The highest BCUT2D eigenvalue weighted by Crippen LogP contribution is 2.44. The number of amides is 1. The third-order valence-corrected chi connectivity index (χ3v) is 4.93. The van der Waals surface area contributed by atoms with Gasteiger partial charge in [0.1, 0.15) is 11.5 Å². The van der Waals surface area contributed by atoms with E-state index >= 15 is 0 Å². The number of aryl methyl sites for hydroxylation is 1. The molecule has 0 saturated heterocycles. The molecule has 1 amide bonds. The molecule has 1 heterocycles. The van der Waals surface area contributed by atoms with Crippen LogP contribution in [0.3, 0.4) is 0 Å². The zero-order chi connectivity index (χ0) is 19.0. The third kappa shape index (κ3) is 3.14. The SMILES string of the molecule is Cc1cc(N(C)C)ccc1NC(=O)C1c2ccccc2Oc2ccccc21. The predicted octanol–water partition coefficient (Wildman–Crippen LogP) is 4.94. The van der Waals surface area contributed by atoms with E-state index in [1.165, 1.54) is 0 Å². The number of anilines is 2. The molecule has 3 aromatic carbocycles. The van der Waals surface area contributed by atoms with Crippen molar-refractivity contribution < 1.29 is 9.53 Å². The van der Waals surface area contributed by atoms with Crippen molar-refractivity contribution in [2.45, 2.75) is 12.8 Å². The van der Waals surface area contributed by atoms with Gasteiger partial charge in [-0.3, -0.25) is 4.79 Å². The summed E-state index contributed by atoms with van der Waals surface area (Å²) < 4.78 is 5.99. The molecule has 0 radical (unpaired) electrons. The number of nitrogens with zero attached hydrogens (tertiary/aromatic N) is 1. The highest BCUT2D eigenvalue weighted by Gasteiger charge is 2.32. The number of benzene rings is 3. The first-order chi connectivity index (χ1) is 13.0. The van der Waals surface area contributed by atoms with Crippen LogP contribution in [0.1, 0.15) is 22.6 Å². The second-order valence-corrected chi connectivity index (χ2v) is 6.99. The zero-order valence-corrected chi connectivity index (χ0v) is 15.7. The van der Waals surface area contributed by atoms with Gasteiger partial charge in [-0.1, -0.05) is 36.4 Å². The third-order valence-electron chi connectivity index (χ3n) is 4.93. The van der Waals surface area contributed by atoms with Crippen LogP contribution in [0.5, 0.6) is 11.5 Å². The van der Waals surface area contributed by atoms with E-state index in [1.54, 1.807) is 0 Å². The second kappa shape index (κ2) is 6.80. The summed E-state index contributed by atoms with van der Waals surface area (Å²) in [6, 6.07) is 21.5. The van der Waals surface area contributed by atoms with Crippen LogP contribution < -0.4 is 15.0 Å². The van der Waals surface area contributed by atoms with E-state index in [-0.39, 0.29) is 5.91 Å². The van der Waals surface area contributed by atoms with Crippen molar-refractivity contribution in [2.75, 3.05) is 24.3 Å². The Balaban J connectivity index is 1.70. The van der Waals surface area contributed by atoms with Crippen molar-refractivity contribution in [3.05, 3.63) is 83.4 Å². The molecule has 0 saturated carbocycles. The van der Waals surface area contributed by atoms with Crippen LogP contribution in [0.4, 0.5) is 11.4 Å². The Hall–Kier alpha value is -3.27. The molecular weight excluding hydrogens is 336 g/mol. The lowest BCUT2D eigenvalue weighted by Crippen LogP contribution is -2.25. The molecule has 0 bridgehead atoms. The van der Waals surface area contributed by atoms with Crippen molar-refractivity contribution in [1.82, 2.24) is 0 Å². The molecule has 27 heavy (non-hydrogen) atoms. The van der Waals surface area contributed by atoms with Crippen molar-refractivity contribution in [1.29, 1.82) is 0 Å². The van der Waals surface area contributed by atoms with Crippen LogP contribution >= 0.6 is 0 Å². The van der Waals surface area contributed by atoms with Crippen molar-refractivity contribution in [3.8, 4) is 11.5 Å². The molecule has 4 nitrogen and oxygen atoms in total. The molecule has 0 fully saturated rings. The van der Waals surface area contributed by atoms with Crippen LogP contribution in [0, 0.1) is 6.92 Å². The highest BCUT2D eigenvalue weighted by atomic mass is 16.5. The average Bonchev–Trinajstić information content (AvgIpc) is 2.67. The maximum Gasteiger partial charge on any atom is 0.236 e. The lowest BCUT2D eigenvalue weighted by molar-refractivity contribution is -0.116. The summed E-state index contributed by atoms with van der Waals surface area (Å²) in [5, 5.41) is 3.11. The van der Waals surface area contributed by atoms with Crippen LogP contribution in [-0.4, -0.2) is 20.0 Å². The summed E-state index contributed by atoms with van der Waals surface area (Å²) in [5.41, 5.74) is 4.73. The van der Waals surface area contributed by atoms with E-state index < -0.39 is 5.92 Å². The van der Waals surface area contributed by atoms with Gasteiger partial charge in [0, 0.05) is 36.6 Å². The molecule has 0 atom stereocenters. The number of hydrogen-bond acceptors (Lipinski definition) is 3. The van der Waals surface area contributed by atoms with E-state index in [0.717, 1.165) is 39.6 Å². The molecule has 136 valence electrons. The molecule has 3 aromatic rings. The molecule has 1 aliphatic rings. The minimum atomic E-state index is -0.404. The quantitative estimate of drug-likeness (QED) is 0.721. The molecule has 0 aromatic heterocycles. The maximum absolute atomic E-state index is 13.3. The van der Waals surface area contributed by atoms with Gasteiger partial charge in [-0.25, -0.2) is 0 Å². The number of ether oxygens (including phenoxy) is 1. The summed E-state index contributed by atoms with van der Waals surface area (Å²) in [6.07, 6.45) is 0. The Morgan fingerprint density at radius 2 is 1.52 bits per heavy atom. The first kappa shape index (κ1) is 17.2. The van der Waals surface area contributed by atoms with Crippen molar-refractivity contribution in [2.24, 2.45) is 0 Å². The topological polar surface area (TPSA) is 41.6 Å². The number of hydrogen-bond donors (Lipinski definition) is 1. The molecule has 0 spiro atoms. The van der Waals surface area contributed by atoms with Crippen LogP contribution in [0.2, 0.25) is 0 Å². The van der Waals surface area contributed by atoms with E-state index in [4.69, 9.17) is 4.74 Å². The Morgan fingerprint density at radius 1 is 0.926 bits per heavy atom. The second-order valence-electron chi connectivity index (χ2n) is 6.99. The summed E-state index contributed by atoms with van der Waals surface area (Å²) in [5.74, 6) is 1.00. The highest BCUT2D eigenvalue weighted by molar-refractivity contribution is 6.00. The van der Waals surface area contributed by atoms with Gasteiger partial charge in [0.25, 0.3) is 0 Å². The van der Waals surface area contributed by atoms with Crippen molar-refractivity contribution in [3.63, 3.8) is 0 Å². The lowest BCUT2D eigenvalue weighted by atomic mass is 9.87. The van der Waals surface area contributed by atoms with E-state index in [1.807, 2.05) is 86.6 Å². The van der Waals surface area contributed by atoms with Gasteiger partial charge in [0.05, 0.1) is 5.92 Å². The van der Waals surface area contributed by atoms with E-state index in [0.29, 0.717) is 0 Å². The van der Waals surface area contributed by atoms with Gasteiger partial charge >= 0.3 is 0 Å². The predicted molar refractivity (Wildman–Crippen MR) is 109 cm³/mol. The molecule has 4 rings (SSSR count). The minimum Gasteiger partial charge on any atom is -0.457 e. The summed E-state index contributed by atoms with van der Waals surface area (Å²) in [7, 11) is 4.01. The smallest absolute Gasteiger partial charge is 0.236 e. The molecule has 0 unspecified atom stereocenters. The molecule has 1 N–H and O–H groups in total. The van der Waals surface area contributed by atoms with Crippen LogP contribution in [0.15, 0.2) is 66.7 Å². The Kier molecular flexibility index (Phi) is 4.32. The standard InChI is InChI=1S/C23H22N2O2/c1-15-14-16(25(2)3)12-13-19(15)24-23(26)22-17-8-4-6-10-20(17)27-21-11-7-5-9-18(21)22/h4-14,22H,1-3H3,(H,24,26). The van der Waals surface area contributed by atoms with Gasteiger partial charge in [0.15, 0.2) is 0 Å². The van der Waals surface area contributed by atoms with Gasteiger partial charge in [-0.2, -0.15) is 0 Å². The Labute approximate surface area is 159 Å². The number of rotatable bonds is 3. The van der Waals surface area contributed by atoms with Gasteiger partial charge in [0.2, 0.25) is 5.91 Å². The Bertz CT molecular complexity index is 965. The van der Waals surface area contributed by atoms with E-state index in [2.05, 4.69) is 11.4 Å². The van der Waals surface area contributed by atoms with Crippen LogP contribution in [0.25, 0.3) is 0 Å². The summed E-state index contributed by atoms with van der Waals surface area (Å²) >= 11 is 0. The van der Waals surface area contributed by atoms with Gasteiger partial charge in [-0.05, 0) is 42.8 Å². The van der Waals surface area contributed by atoms with Gasteiger partial charge < -0.3 is 15.0 Å². The lowest BCUT2D eigenvalue weighted by Gasteiger charge is -2.27. The largest absolute Gasteiger partial charge is 0.457 e.